The van der Waals surface area contributed by atoms with Crippen LogP contribution >= 0.6 is 11.6 Å². The van der Waals surface area contributed by atoms with E-state index in [0.717, 1.165) is 38.4 Å². The van der Waals surface area contributed by atoms with Gasteiger partial charge in [0.15, 0.2) is 0 Å². The molecule has 1 amide bonds. The molecule has 1 aliphatic heterocycles. The first kappa shape index (κ1) is 20.6. The molecule has 1 aliphatic rings. The van der Waals surface area contributed by atoms with Crippen molar-refractivity contribution in [3.05, 3.63) is 58.7 Å². The Morgan fingerprint density at radius 2 is 1.82 bits per heavy atom. The summed E-state index contributed by atoms with van der Waals surface area (Å²) in [6.07, 6.45) is 2.53. The molecule has 1 fully saturated rings. The molecule has 0 bridgehead atoms. The molecule has 1 aromatic carbocycles. The van der Waals surface area contributed by atoms with E-state index >= 15 is 0 Å². The lowest BCUT2D eigenvalue weighted by atomic mass is 10.0. The molecule has 1 N–H and O–H groups in total. The minimum Gasteiger partial charge on any atom is -0.355 e. The lowest BCUT2D eigenvalue weighted by molar-refractivity contribution is -0.122. The molecule has 0 aliphatic carbocycles. The van der Waals surface area contributed by atoms with Crippen LogP contribution in [0.4, 0.5) is 5.82 Å². The van der Waals surface area contributed by atoms with Gasteiger partial charge in [0.1, 0.15) is 5.82 Å². The van der Waals surface area contributed by atoms with E-state index in [2.05, 4.69) is 58.2 Å². The fourth-order valence-corrected chi connectivity index (χ4v) is 3.48. The molecule has 6 heteroatoms. The summed E-state index contributed by atoms with van der Waals surface area (Å²) >= 11 is 5.90. The number of carbonyl (C=O) groups is 1. The predicted octanol–water partition coefficient (Wildman–Crippen LogP) is 3.34. The Bertz CT molecular complexity index is 753. The van der Waals surface area contributed by atoms with Crippen LogP contribution in [0.1, 0.15) is 30.9 Å². The third kappa shape index (κ3) is 5.94. The zero-order valence-corrected chi connectivity index (χ0v) is 17.5. The monoisotopic (exact) mass is 400 g/mol. The van der Waals surface area contributed by atoms with Crippen LogP contribution in [0.25, 0.3) is 0 Å². The number of halogens is 1. The number of hydrogen-bond donors (Lipinski definition) is 1. The highest BCUT2D eigenvalue weighted by Crippen LogP contribution is 2.16. The van der Waals surface area contributed by atoms with Gasteiger partial charge < -0.3 is 10.2 Å². The molecule has 0 atom stereocenters. The van der Waals surface area contributed by atoms with Crippen LogP contribution in [0.2, 0.25) is 5.02 Å². The first-order chi connectivity index (χ1) is 13.5. The third-order valence-corrected chi connectivity index (χ3v) is 5.38. The molecule has 0 unspecified atom stereocenters. The van der Waals surface area contributed by atoms with Gasteiger partial charge in [-0.05, 0) is 35.6 Å². The number of nitrogens with one attached hydrogen (secondary N) is 1. The first-order valence-electron chi connectivity index (χ1n) is 9.95. The number of nitrogens with zero attached hydrogens (tertiary/aromatic N) is 3. The summed E-state index contributed by atoms with van der Waals surface area (Å²) in [5.74, 6) is 1.58. The van der Waals surface area contributed by atoms with Gasteiger partial charge in [-0.25, -0.2) is 4.98 Å². The quantitative estimate of drug-likeness (QED) is 0.774. The second kappa shape index (κ2) is 9.89. The summed E-state index contributed by atoms with van der Waals surface area (Å²) in [5.41, 5.74) is 2.61. The van der Waals surface area contributed by atoms with Crippen LogP contribution in [0.5, 0.6) is 0 Å². The number of hydrogen-bond acceptors (Lipinski definition) is 4. The van der Waals surface area contributed by atoms with E-state index in [1.165, 1.54) is 11.1 Å². The van der Waals surface area contributed by atoms with Crippen LogP contribution in [-0.2, 0) is 11.2 Å². The maximum Gasteiger partial charge on any atom is 0.234 e. The van der Waals surface area contributed by atoms with Crippen molar-refractivity contribution < 1.29 is 4.79 Å². The fraction of sp³-hybridized carbons (Fsp3) is 0.455. The van der Waals surface area contributed by atoms with E-state index in [4.69, 9.17) is 11.6 Å². The minimum atomic E-state index is 0.0943. The zero-order valence-electron chi connectivity index (χ0n) is 16.7. The van der Waals surface area contributed by atoms with Crippen molar-refractivity contribution in [3.8, 4) is 0 Å². The average Bonchev–Trinajstić information content (AvgIpc) is 2.70. The molecule has 28 heavy (non-hydrogen) atoms. The molecule has 2 heterocycles. The van der Waals surface area contributed by atoms with Crippen molar-refractivity contribution >= 4 is 23.3 Å². The molecule has 0 radical (unpaired) electrons. The van der Waals surface area contributed by atoms with Gasteiger partial charge in [0.05, 0.1) is 11.6 Å². The van der Waals surface area contributed by atoms with Gasteiger partial charge in [-0.3, -0.25) is 9.69 Å². The van der Waals surface area contributed by atoms with Gasteiger partial charge in [-0.1, -0.05) is 49.7 Å². The maximum absolute atomic E-state index is 12.2. The molecule has 1 saturated heterocycles. The van der Waals surface area contributed by atoms with Gasteiger partial charge in [0, 0.05) is 38.9 Å². The highest BCUT2D eigenvalue weighted by Gasteiger charge is 2.19. The van der Waals surface area contributed by atoms with Gasteiger partial charge in [0.25, 0.3) is 0 Å². The average molecular weight is 401 g/mol. The minimum absolute atomic E-state index is 0.0943. The van der Waals surface area contributed by atoms with E-state index in [1.807, 2.05) is 12.1 Å². The first-order valence-corrected chi connectivity index (χ1v) is 10.3. The van der Waals surface area contributed by atoms with E-state index in [1.54, 1.807) is 6.20 Å². The van der Waals surface area contributed by atoms with Crippen molar-refractivity contribution in [2.75, 3.05) is 44.2 Å². The van der Waals surface area contributed by atoms with Crippen LogP contribution in [0.15, 0.2) is 42.6 Å². The Balaban J connectivity index is 1.36. The normalized spacial score (nSPS) is 15.1. The van der Waals surface area contributed by atoms with E-state index < -0.39 is 0 Å². The zero-order chi connectivity index (χ0) is 19.9. The molecule has 150 valence electrons. The summed E-state index contributed by atoms with van der Waals surface area (Å²) in [5, 5.41) is 3.69. The van der Waals surface area contributed by atoms with E-state index in [9.17, 15) is 4.79 Å². The van der Waals surface area contributed by atoms with Crippen molar-refractivity contribution in [1.82, 2.24) is 15.2 Å². The number of rotatable bonds is 7. The lowest BCUT2D eigenvalue weighted by Gasteiger charge is -2.35. The number of aromatic nitrogens is 1. The van der Waals surface area contributed by atoms with Crippen molar-refractivity contribution in [2.45, 2.75) is 26.2 Å². The van der Waals surface area contributed by atoms with Crippen LogP contribution < -0.4 is 10.2 Å². The second-order valence-corrected chi connectivity index (χ2v) is 8.03. The largest absolute Gasteiger partial charge is 0.355 e. The number of piperazine rings is 1. The number of pyridine rings is 1. The fourth-order valence-electron chi connectivity index (χ4n) is 3.36. The van der Waals surface area contributed by atoms with Crippen molar-refractivity contribution in [2.24, 2.45) is 0 Å². The molecule has 0 spiro atoms. The summed E-state index contributed by atoms with van der Waals surface area (Å²) in [6, 6.07) is 12.5. The maximum atomic E-state index is 12.2. The molecular formula is C22H29ClN4O. The smallest absolute Gasteiger partial charge is 0.234 e. The molecule has 5 nitrogen and oxygen atoms in total. The number of carbonyl (C=O) groups excluding carboxylic acids is 1. The molecule has 1 aromatic heterocycles. The van der Waals surface area contributed by atoms with Crippen LogP contribution in [0, 0.1) is 0 Å². The van der Waals surface area contributed by atoms with Gasteiger partial charge in [0.2, 0.25) is 5.91 Å². The van der Waals surface area contributed by atoms with Gasteiger partial charge in [-0.15, -0.1) is 0 Å². The van der Waals surface area contributed by atoms with Crippen LogP contribution in [-0.4, -0.2) is 55.1 Å². The highest BCUT2D eigenvalue weighted by molar-refractivity contribution is 6.30. The summed E-state index contributed by atoms with van der Waals surface area (Å²) in [4.78, 5) is 21.0. The van der Waals surface area contributed by atoms with E-state index in [0.29, 0.717) is 24.0 Å². The Morgan fingerprint density at radius 3 is 2.43 bits per heavy atom. The summed E-state index contributed by atoms with van der Waals surface area (Å²) in [6.45, 7) is 8.96. The number of anilines is 1. The third-order valence-electron chi connectivity index (χ3n) is 5.16. The second-order valence-electron chi connectivity index (χ2n) is 7.59. The molecule has 0 saturated carbocycles. The number of benzene rings is 1. The van der Waals surface area contributed by atoms with Gasteiger partial charge >= 0.3 is 0 Å². The van der Waals surface area contributed by atoms with Gasteiger partial charge in [-0.2, -0.15) is 0 Å². The Kier molecular flexibility index (Phi) is 7.29. The standard InChI is InChI=1S/C22H29ClN4O/c1-17(2)19-5-3-18(4-6-19)9-10-24-22(28)16-26-11-13-27(14-12-26)21-8-7-20(23)15-25-21/h3-8,15,17H,9-14,16H2,1-2H3,(H,24,28). The Morgan fingerprint density at radius 1 is 1.11 bits per heavy atom. The van der Waals surface area contributed by atoms with Crippen molar-refractivity contribution in [3.63, 3.8) is 0 Å². The van der Waals surface area contributed by atoms with Crippen molar-refractivity contribution in [1.29, 1.82) is 0 Å². The Hall–Kier alpha value is -2.11. The van der Waals surface area contributed by atoms with E-state index in [-0.39, 0.29) is 5.91 Å². The highest BCUT2D eigenvalue weighted by atomic mass is 35.5. The Labute approximate surface area is 172 Å². The SMILES string of the molecule is CC(C)c1ccc(CCNC(=O)CN2CCN(c3ccc(Cl)cn3)CC2)cc1. The van der Waals surface area contributed by atoms with Crippen LogP contribution in [0.3, 0.4) is 0 Å². The summed E-state index contributed by atoms with van der Waals surface area (Å²) < 4.78 is 0. The molecule has 3 rings (SSSR count). The number of amides is 1. The molecular weight excluding hydrogens is 372 g/mol. The summed E-state index contributed by atoms with van der Waals surface area (Å²) in [7, 11) is 0. The lowest BCUT2D eigenvalue weighted by Crippen LogP contribution is -2.49. The topological polar surface area (TPSA) is 48.5 Å². The molecule has 2 aromatic rings. The predicted molar refractivity (Wildman–Crippen MR) is 115 cm³/mol.